The molecule has 0 aliphatic heterocycles. The summed E-state index contributed by atoms with van der Waals surface area (Å²) in [6, 6.07) is 0. The Hall–Kier alpha value is -0.490. The van der Waals surface area contributed by atoms with Gasteiger partial charge in [0.25, 0.3) is 0 Å². The second-order valence-corrected chi connectivity index (χ2v) is 7.24. The minimum absolute atomic E-state index is 0.219. The average molecular weight is 286 g/mol. The molecule has 0 bridgehead atoms. The minimum Gasteiger partial charge on any atom is -0.389 e. The first kappa shape index (κ1) is 16.6. The van der Waals surface area contributed by atoms with Crippen LogP contribution in [0.4, 0.5) is 0 Å². The quantitative estimate of drug-likeness (QED) is 0.843. The van der Waals surface area contributed by atoms with Gasteiger partial charge in [-0.15, -0.1) is 11.3 Å². The van der Waals surface area contributed by atoms with E-state index in [0.717, 1.165) is 10.7 Å². The van der Waals surface area contributed by atoms with Crippen molar-refractivity contribution in [2.24, 2.45) is 0 Å². The van der Waals surface area contributed by atoms with Gasteiger partial charge in [-0.2, -0.15) is 0 Å². The molecule has 0 aliphatic rings. The fraction of sp³-hybridized carbons (Fsp3) is 0.786. The Morgan fingerprint density at radius 1 is 1.37 bits per heavy atom. The van der Waals surface area contributed by atoms with E-state index in [4.69, 9.17) is 4.74 Å². The molecule has 19 heavy (non-hydrogen) atoms. The van der Waals surface area contributed by atoms with Crippen LogP contribution in [0.5, 0.6) is 0 Å². The Morgan fingerprint density at radius 3 is 2.47 bits per heavy atom. The van der Waals surface area contributed by atoms with Crippen LogP contribution in [0, 0.1) is 6.92 Å². The Labute approximate surface area is 120 Å². The van der Waals surface area contributed by atoms with Crippen molar-refractivity contribution in [2.45, 2.75) is 58.8 Å². The molecule has 1 aromatic rings. The highest BCUT2D eigenvalue weighted by atomic mass is 32.1. The molecule has 0 fully saturated rings. The average Bonchev–Trinajstić information content (AvgIpc) is 2.70. The van der Waals surface area contributed by atoms with E-state index in [1.165, 1.54) is 0 Å². The van der Waals surface area contributed by atoms with Crippen LogP contribution in [0.25, 0.3) is 0 Å². The van der Waals surface area contributed by atoms with E-state index in [1.54, 1.807) is 11.3 Å². The first-order valence-electron chi connectivity index (χ1n) is 6.60. The lowest BCUT2D eigenvalue weighted by Crippen LogP contribution is -2.43. The van der Waals surface area contributed by atoms with Crippen molar-refractivity contribution < 1.29 is 9.84 Å². The number of aromatic nitrogens is 1. The van der Waals surface area contributed by atoms with E-state index < -0.39 is 6.10 Å². The van der Waals surface area contributed by atoms with Gasteiger partial charge in [-0.1, -0.05) is 0 Å². The number of hydrogen-bond acceptors (Lipinski definition) is 5. The van der Waals surface area contributed by atoms with Crippen LogP contribution in [-0.4, -0.2) is 34.9 Å². The SMILES string of the molecule is Cc1csc(C(C)(C)NCC(O)COC(C)(C)C)n1. The van der Waals surface area contributed by atoms with Crippen LogP contribution in [0.15, 0.2) is 5.38 Å². The Morgan fingerprint density at radius 2 is 2.00 bits per heavy atom. The van der Waals surface area contributed by atoms with E-state index in [9.17, 15) is 5.11 Å². The fourth-order valence-electron chi connectivity index (χ4n) is 1.49. The first-order valence-corrected chi connectivity index (χ1v) is 7.48. The predicted molar refractivity (Wildman–Crippen MR) is 79.6 cm³/mol. The minimum atomic E-state index is -0.514. The van der Waals surface area contributed by atoms with Gasteiger partial charge >= 0.3 is 0 Å². The lowest BCUT2D eigenvalue weighted by molar-refractivity contribution is -0.0491. The maximum absolute atomic E-state index is 9.92. The number of aliphatic hydroxyl groups is 1. The van der Waals surface area contributed by atoms with Crippen molar-refractivity contribution in [1.29, 1.82) is 0 Å². The van der Waals surface area contributed by atoms with Gasteiger partial charge in [0.05, 0.1) is 23.9 Å². The van der Waals surface area contributed by atoms with Crippen LogP contribution in [0.1, 0.15) is 45.3 Å². The lowest BCUT2D eigenvalue weighted by atomic mass is 10.1. The number of thiazole rings is 1. The summed E-state index contributed by atoms with van der Waals surface area (Å²) in [7, 11) is 0. The summed E-state index contributed by atoms with van der Waals surface area (Å²) in [4.78, 5) is 4.49. The van der Waals surface area contributed by atoms with Gasteiger partial charge in [-0.3, -0.25) is 0 Å². The zero-order valence-electron chi connectivity index (χ0n) is 12.8. The summed E-state index contributed by atoms with van der Waals surface area (Å²) in [5.41, 5.74) is 0.580. The smallest absolute Gasteiger partial charge is 0.112 e. The summed E-state index contributed by atoms with van der Waals surface area (Å²) in [6.45, 7) is 12.9. The monoisotopic (exact) mass is 286 g/mol. The number of ether oxygens (including phenoxy) is 1. The number of rotatable bonds is 6. The third kappa shape index (κ3) is 5.99. The molecule has 5 heteroatoms. The highest BCUT2D eigenvalue weighted by molar-refractivity contribution is 7.09. The summed E-state index contributed by atoms with van der Waals surface area (Å²) in [6.07, 6.45) is -0.514. The second-order valence-electron chi connectivity index (χ2n) is 6.38. The number of aliphatic hydroxyl groups excluding tert-OH is 1. The molecule has 0 spiro atoms. The topological polar surface area (TPSA) is 54.4 Å². The van der Waals surface area contributed by atoms with Crippen molar-refractivity contribution >= 4 is 11.3 Å². The molecule has 1 heterocycles. The molecular formula is C14H26N2O2S. The maximum atomic E-state index is 9.92. The Kier molecular flexibility index (Phi) is 5.50. The van der Waals surface area contributed by atoms with Crippen LogP contribution in [0.2, 0.25) is 0 Å². The van der Waals surface area contributed by atoms with E-state index in [1.807, 2.05) is 33.1 Å². The van der Waals surface area contributed by atoms with Crippen molar-refractivity contribution in [3.8, 4) is 0 Å². The molecule has 110 valence electrons. The Bertz CT molecular complexity index is 396. The highest BCUT2D eigenvalue weighted by Gasteiger charge is 2.24. The summed E-state index contributed by atoms with van der Waals surface area (Å²) >= 11 is 1.64. The third-order valence-electron chi connectivity index (χ3n) is 2.64. The lowest BCUT2D eigenvalue weighted by Gasteiger charge is -2.27. The summed E-state index contributed by atoms with van der Waals surface area (Å²) in [5, 5.41) is 16.3. The van der Waals surface area contributed by atoms with E-state index in [-0.39, 0.29) is 11.1 Å². The van der Waals surface area contributed by atoms with Gasteiger partial charge in [0.15, 0.2) is 0 Å². The fourth-order valence-corrected chi connectivity index (χ4v) is 2.39. The van der Waals surface area contributed by atoms with Crippen molar-refractivity contribution in [1.82, 2.24) is 10.3 Å². The molecule has 1 unspecified atom stereocenters. The zero-order chi connectivity index (χ0) is 14.7. The molecule has 0 aliphatic carbocycles. The molecule has 0 saturated carbocycles. The molecule has 2 N–H and O–H groups in total. The standard InChI is InChI=1S/C14H26N2O2S/c1-10-9-19-12(16-10)14(5,6)15-7-11(17)8-18-13(2,3)4/h9,11,15,17H,7-8H2,1-6H3. The van der Waals surface area contributed by atoms with Gasteiger partial charge in [-0.05, 0) is 41.5 Å². The molecular weight excluding hydrogens is 260 g/mol. The van der Waals surface area contributed by atoms with Gasteiger partial charge in [0.1, 0.15) is 5.01 Å². The van der Waals surface area contributed by atoms with Gasteiger partial charge in [0.2, 0.25) is 0 Å². The molecule has 0 aromatic carbocycles. The van der Waals surface area contributed by atoms with Crippen molar-refractivity contribution in [3.05, 3.63) is 16.1 Å². The summed E-state index contributed by atoms with van der Waals surface area (Å²) < 4.78 is 5.56. The number of nitrogens with one attached hydrogen (secondary N) is 1. The number of nitrogens with zero attached hydrogens (tertiary/aromatic N) is 1. The summed E-state index contributed by atoms with van der Waals surface area (Å²) in [5.74, 6) is 0. The molecule has 1 aromatic heterocycles. The first-order chi connectivity index (χ1) is 8.60. The molecule has 4 nitrogen and oxygen atoms in total. The normalized spacial score (nSPS) is 14.7. The molecule has 0 saturated heterocycles. The van der Waals surface area contributed by atoms with Gasteiger partial charge in [-0.25, -0.2) is 4.98 Å². The number of aryl methyl sites for hydroxylation is 1. The molecule has 1 atom stereocenters. The van der Waals surface area contributed by atoms with Crippen molar-refractivity contribution in [2.75, 3.05) is 13.2 Å². The largest absolute Gasteiger partial charge is 0.389 e. The van der Waals surface area contributed by atoms with Crippen molar-refractivity contribution in [3.63, 3.8) is 0 Å². The van der Waals surface area contributed by atoms with Crippen LogP contribution < -0.4 is 5.32 Å². The Balaban J connectivity index is 2.43. The second kappa shape index (κ2) is 6.31. The molecule has 1 rings (SSSR count). The maximum Gasteiger partial charge on any atom is 0.112 e. The highest BCUT2D eigenvalue weighted by Crippen LogP contribution is 2.23. The predicted octanol–water partition coefficient (Wildman–Crippen LogP) is 2.45. The van der Waals surface area contributed by atoms with Crippen LogP contribution in [0.3, 0.4) is 0 Å². The third-order valence-corrected chi connectivity index (χ3v) is 3.93. The van der Waals surface area contributed by atoms with Crippen LogP contribution >= 0.6 is 11.3 Å². The van der Waals surface area contributed by atoms with E-state index in [0.29, 0.717) is 13.2 Å². The molecule has 0 amide bonds. The van der Waals surface area contributed by atoms with Crippen LogP contribution in [-0.2, 0) is 10.3 Å². The molecule has 0 radical (unpaired) electrons. The van der Waals surface area contributed by atoms with E-state index >= 15 is 0 Å². The zero-order valence-corrected chi connectivity index (χ0v) is 13.6. The van der Waals surface area contributed by atoms with Gasteiger partial charge < -0.3 is 15.2 Å². The number of hydrogen-bond donors (Lipinski definition) is 2. The van der Waals surface area contributed by atoms with E-state index in [2.05, 4.69) is 24.1 Å². The van der Waals surface area contributed by atoms with Gasteiger partial charge in [0, 0.05) is 17.6 Å².